The second-order valence-corrected chi connectivity index (χ2v) is 8.04. The van der Waals surface area contributed by atoms with Gasteiger partial charge in [-0.25, -0.2) is 4.68 Å². The van der Waals surface area contributed by atoms with Crippen LogP contribution in [0.25, 0.3) is 5.69 Å². The smallest absolute Gasteiger partial charge is 0.257 e. The van der Waals surface area contributed by atoms with Crippen LogP contribution >= 0.6 is 0 Å². The van der Waals surface area contributed by atoms with E-state index in [9.17, 15) is 4.79 Å². The summed E-state index contributed by atoms with van der Waals surface area (Å²) in [6.07, 6.45) is 3.48. The summed E-state index contributed by atoms with van der Waals surface area (Å²) in [6.45, 7) is 7.86. The fourth-order valence-corrected chi connectivity index (χ4v) is 4.25. The summed E-state index contributed by atoms with van der Waals surface area (Å²) >= 11 is 0. The van der Waals surface area contributed by atoms with E-state index in [-0.39, 0.29) is 5.91 Å². The Morgan fingerprint density at radius 3 is 2.41 bits per heavy atom. The molecule has 0 atom stereocenters. The molecule has 2 saturated heterocycles. The van der Waals surface area contributed by atoms with E-state index in [0.717, 1.165) is 62.3 Å². The number of hydrogen-bond acceptors (Lipinski definition) is 7. The minimum absolute atomic E-state index is 0.0254. The second kappa shape index (κ2) is 8.96. The number of aromatic nitrogens is 4. The lowest BCUT2D eigenvalue weighted by Crippen LogP contribution is -2.49. The van der Waals surface area contributed by atoms with Gasteiger partial charge in [-0.3, -0.25) is 4.79 Å². The highest BCUT2D eigenvalue weighted by atomic mass is 16.5. The van der Waals surface area contributed by atoms with E-state index >= 15 is 0 Å². The molecule has 0 saturated carbocycles. The monoisotopic (exact) mass is 433 g/mol. The lowest BCUT2D eigenvalue weighted by Gasteiger charge is -2.35. The number of ether oxygens (including phenoxy) is 1. The van der Waals surface area contributed by atoms with Crippen LogP contribution < -0.4 is 9.80 Å². The summed E-state index contributed by atoms with van der Waals surface area (Å²) in [4.78, 5) is 19.5. The van der Waals surface area contributed by atoms with Crippen molar-refractivity contribution in [3.63, 3.8) is 0 Å². The molecule has 2 aliphatic heterocycles. The van der Waals surface area contributed by atoms with Gasteiger partial charge in [-0.15, -0.1) is 5.10 Å². The van der Waals surface area contributed by atoms with Crippen LogP contribution in [0.4, 0.5) is 11.5 Å². The predicted octanol–water partition coefficient (Wildman–Crippen LogP) is 1.77. The van der Waals surface area contributed by atoms with Gasteiger partial charge in [0.25, 0.3) is 5.91 Å². The van der Waals surface area contributed by atoms with Crippen molar-refractivity contribution in [2.75, 3.05) is 62.3 Å². The van der Waals surface area contributed by atoms with Crippen molar-refractivity contribution in [3.8, 4) is 5.69 Å². The molecule has 3 aromatic rings. The average molecular weight is 434 g/mol. The Kier molecular flexibility index (Phi) is 5.72. The first-order valence-electron chi connectivity index (χ1n) is 11.0. The molecule has 166 valence electrons. The van der Waals surface area contributed by atoms with Gasteiger partial charge in [0, 0.05) is 45.3 Å². The molecule has 1 amide bonds. The maximum atomic E-state index is 13.2. The zero-order valence-electron chi connectivity index (χ0n) is 18.2. The topological polar surface area (TPSA) is 79.6 Å². The molecule has 2 aliphatic rings. The summed E-state index contributed by atoms with van der Waals surface area (Å²) in [6, 6.07) is 12.0. The lowest BCUT2D eigenvalue weighted by molar-refractivity contribution is 0.0745. The summed E-state index contributed by atoms with van der Waals surface area (Å²) in [5.74, 6) is 0.881. The summed E-state index contributed by atoms with van der Waals surface area (Å²) in [5.41, 5.74) is 3.53. The molecule has 2 fully saturated rings. The normalized spacial score (nSPS) is 17.0. The second-order valence-electron chi connectivity index (χ2n) is 8.04. The average Bonchev–Trinajstić information content (AvgIpc) is 3.26. The van der Waals surface area contributed by atoms with Crippen LogP contribution in [-0.4, -0.2) is 83.3 Å². The number of para-hydroxylation sites is 1. The predicted molar refractivity (Wildman–Crippen MR) is 121 cm³/mol. The van der Waals surface area contributed by atoms with Gasteiger partial charge >= 0.3 is 0 Å². The van der Waals surface area contributed by atoms with Crippen LogP contribution in [0.15, 0.2) is 48.8 Å². The van der Waals surface area contributed by atoms with E-state index in [4.69, 9.17) is 4.74 Å². The number of piperazine rings is 1. The quantitative estimate of drug-likeness (QED) is 0.620. The highest BCUT2D eigenvalue weighted by Gasteiger charge is 2.26. The number of nitrogens with zero attached hydrogens (tertiary/aromatic N) is 7. The molecule has 1 aromatic carbocycles. The van der Waals surface area contributed by atoms with Crippen LogP contribution in [0.3, 0.4) is 0 Å². The standard InChI is InChI=1S/C23H27N7O2/c1-18-21(17-25-30(18)19-5-3-2-4-6-19)23(31)29-9-7-28(8-10-29)22-15-20(16-24-26-22)27-11-13-32-14-12-27/h2-6,15-17H,7-14H2,1H3. The van der Waals surface area contributed by atoms with E-state index < -0.39 is 0 Å². The van der Waals surface area contributed by atoms with Crippen LogP contribution in [0, 0.1) is 6.92 Å². The van der Waals surface area contributed by atoms with Crippen molar-refractivity contribution in [2.24, 2.45) is 0 Å². The third-order valence-corrected chi connectivity index (χ3v) is 6.14. The van der Waals surface area contributed by atoms with Crippen molar-refractivity contribution in [2.45, 2.75) is 6.92 Å². The van der Waals surface area contributed by atoms with E-state index in [0.29, 0.717) is 18.7 Å². The van der Waals surface area contributed by atoms with Gasteiger partial charge in [-0.05, 0) is 19.1 Å². The molecular formula is C23H27N7O2. The molecule has 32 heavy (non-hydrogen) atoms. The minimum Gasteiger partial charge on any atom is -0.378 e. The highest BCUT2D eigenvalue weighted by Crippen LogP contribution is 2.22. The largest absolute Gasteiger partial charge is 0.378 e. The first-order chi connectivity index (χ1) is 15.7. The van der Waals surface area contributed by atoms with Gasteiger partial charge in [-0.2, -0.15) is 10.2 Å². The third kappa shape index (κ3) is 4.03. The van der Waals surface area contributed by atoms with Gasteiger partial charge in [0.05, 0.1) is 48.2 Å². The Labute approximate surface area is 187 Å². The lowest BCUT2D eigenvalue weighted by atomic mass is 10.2. The number of anilines is 2. The van der Waals surface area contributed by atoms with E-state index in [1.807, 2.05) is 53.0 Å². The molecule has 0 bridgehead atoms. The maximum absolute atomic E-state index is 13.2. The Hall–Kier alpha value is -3.46. The zero-order chi connectivity index (χ0) is 21.9. The van der Waals surface area contributed by atoms with Crippen molar-refractivity contribution in [1.29, 1.82) is 0 Å². The maximum Gasteiger partial charge on any atom is 0.257 e. The van der Waals surface area contributed by atoms with Crippen LogP contribution in [-0.2, 0) is 4.74 Å². The molecule has 9 heteroatoms. The molecule has 0 unspecified atom stereocenters. The van der Waals surface area contributed by atoms with Crippen molar-refractivity contribution >= 4 is 17.4 Å². The number of rotatable bonds is 4. The van der Waals surface area contributed by atoms with Crippen LogP contribution in [0.5, 0.6) is 0 Å². The molecule has 0 aliphatic carbocycles. The molecular weight excluding hydrogens is 406 g/mol. The van der Waals surface area contributed by atoms with Crippen LogP contribution in [0.2, 0.25) is 0 Å². The number of hydrogen-bond donors (Lipinski definition) is 0. The van der Waals surface area contributed by atoms with Gasteiger partial charge in [0.2, 0.25) is 0 Å². The molecule has 9 nitrogen and oxygen atoms in total. The minimum atomic E-state index is 0.0254. The highest BCUT2D eigenvalue weighted by molar-refractivity contribution is 5.95. The van der Waals surface area contributed by atoms with Crippen molar-refractivity contribution < 1.29 is 9.53 Å². The summed E-state index contributed by atoms with van der Waals surface area (Å²) in [7, 11) is 0. The summed E-state index contributed by atoms with van der Waals surface area (Å²) in [5, 5.41) is 13.0. The zero-order valence-corrected chi connectivity index (χ0v) is 18.2. The van der Waals surface area contributed by atoms with E-state index in [2.05, 4.69) is 31.2 Å². The van der Waals surface area contributed by atoms with Crippen molar-refractivity contribution in [3.05, 3.63) is 60.0 Å². The van der Waals surface area contributed by atoms with Gasteiger partial charge in [0.15, 0.2) is 5.82 Å². The number of morpholine rings is 1. The molecule has 2 aromatic heterocycles. The first-order valence-corrected chi connectivity index (χ1v) is 11.0. The molecule has 4 heterocycles. The number of carbonyl (C=O) groups is 1. The van der Waals surface area contributed by atoms with Crippen LogP contribution in [0.1, 0.15) is 16.1 Å². The Bertz CT molecular complexity index is 1070. The number of benzene rings is 1. The Morgan fingerprint density at radius 1 is 0.906 bits per heavy atom. The third-order valence-electron chi connectivity index (χ3n) is 6.14. The van der Waals surface area contributed by atoms with E-state index in [1.165, 1.54) is 0 Å². The molecule has 5 rings (SSSR count). The Balaban J connectivity index is 1.24. The van der Waals surface area contributed by atoms with E-state index in [1.54, 1.807) is 6.20 Å². The fourth-order valence-electron chi connectivity index (χ4n) is 4.25. The Morgan fingerprint density at radius 2 is 1.66 bits per heavy atom. The number of amides is 1. The van der Waals surface area contributed by atoms with Gasteiger partial charge < -0.3 is 19.4 Å². The fraction of sp³-hybridized carbons (Fsp3) is 0.391. The van der Waals surface area contributed by atoms with Crippen molar-refractivity contribution in [1.82, 2.24) is 24.9 Å². The SMILES string of the molecule is Cc1c(C(=O)N2CCN(c3cc(N4CCOCC4)cnn3)CC2)cnn1-c1ccccc1. The molecule has 0 radical (unpaired) electrons. The summed E-state index contributed by atoms with van der Waals surface area (Å²) < 4.78 is 7.26. The molecule has 0 spiro atoms. The number of carbonyl (C=O) groups excluding carboxylic acids is 1. The molecule has 0 N–H and O–H groups in total. The first kappa shape index (κ1) is 20.4. The van der Waals surface area contributed by atoms with Gasteiger partial charge in [-0.1, -0.05) is 18.2 Å². The van der Waals surface area contributed by atoms with Gasteiger partial charge in [0.1, 0.15) is 0 Å².